The standard InChI is InChI=1S/C8H16N2O3/c1-13-7-3-2-5-10(7)6-4-9-8(11)12/h7,9H,2-6H2,1H3,(H,11,12). The Morgan fingerprint density at radius 3 is 3.15 bits per heavy atom. The first-order valence-corrected chi connectivity index (χ1v) is 4.47. The third-order valence-electron chi connectivity index (χ3n) is 2.25. The van der Waals surface area contributed by atoms with Crippen molar-refractivity contribution in [3.63, 3.8) is 0 Å². The largest absolute Gasteiger partial charge is 0.465 e. The molecule has 76 valence electrons. The molecule has 0 aromatic carbocycles. The summed E-state index contributed by atoms with van der Waals surface area (Å²) < 4.78 is 5.23. The van der Waals surface area contributed by atoms with Crippen molar-refractivity contribution in [1.82, 2.24) is 10.2 Å². The van der Waals surface area contributed by atoms with Crippen LogP contribution in [0.15, 0.2) is 0 Å². The molecule has 0 radical (unpaired) electrons. The highest BCUT2D eigenvalue weighted by atomic mass is 16.5. The van der Waals surface area contributed by atoms with Gasteiger partial charge in [-0.15, -0.1) is 0 Å². The van der Waals surface area contributed by atoms with E-state index in [1.807, 2.05) is 0 Å². The molecule has 1 saturated heterocycles. The third-order valence-corrected chi connectivity index (χ3v) is 2.25. The second-order valence-electron chi connectivity index (χ2n) is 3.10. The molecule has 1 heterocycles. The molecule has 0 spiro atoms. The van der Waals surface area contributed by atoms with E-state index in [1.165, 1.54) is 0 Å². The van der Waals surface area contributed by atoms with E-state index < -0.39 is 6.09 Å². The number of likely N-dealkylation sites (tertiary alicyclic amines) is 1. The molecule has 5 heteroatoms. The first-order chi connectivity index (χ1) is 6.24. The Hall–Kier alpha value is -0.810. The fourth-order valence-corrected chi connectivity index (χ4v) is 1.62. The summed E-state index contributed by atoms with van der Waals surface area (Å²) in [4.78, 5) is 12.3. The number of amides is 1. The second kappa shape index (κ2) is 5.04. The molecule has 0 aromatic heterocycles. The van der Waals surface area contributed by atoms with Crippen LogP contribution in [0.25, 0.3) is 0 Å². The summed E-state index contributed by atoms with van der Waals surface area (Å²) in [6.07, 6.45) is 1.39. The Labute approximate surface area is 77.7 Å². The van der Waals surface area contributed by atoms with Gasteiger partial charge in [0.2, 0.25) is 0 Å². The molecule has 1 unspecified atom stereocenters. The van der Waals surface area contributed by atoms with E-state index in [0.29, 0.717) is 6.54 Å². The maximum Gasteiger partial charge on any atom is 0.404 e. The van der Waals surface area contributed by atoms with Gasteiger partial charge >= 0.3 is 6.09 Å². The van der Waals surface area contributed by atoms with Crippen molar-refractivity contribution in [2.75, 3.05) is 26.7 Å². The van der Waals surface area contributed by atoms with Crippen LogP contribution in [0.3, 0.4) is 0 Å². The smallest absolute Gasteiger partial charge is 0.404 e. The number of nitrogens with one attached hydrogen (secondary N) is 1. The van der Waals surface area contributed by atoms with E-state index in [2.05, 4.69) is 10.2 Å². The summed E-state index contributed by atoms with van der Waals surface area (Å²) >= 11 is 0. The average Bonchev–Trinajstić information content (AvgIpc) is 2.51. The molecule has 1 aliphatic rings. The zero-order chi connectivity index (χ0) is 9.68. The lowest BCUT2D eigenvalue weighted by Crippen LogP contribution is -2.37. The average molecular weight is 188 g/mol. The molecule has 13 heavy (non-hydrogen) atoms. The molecular weight excluding hydrogens is 172 g/mol. The van der Waals surface area contributed by atoms with Crippen molar-refractivity contribution >= 4 is 6.09 Å². The van der Waals surface area contributed by atoms with E-state index in [0.717, 1.165) is 25.9 Å². The van der Waals surface area contributed by atoms with Gasteiger partial charge in [-0.2, -0.15) is 0 Å². The third kappa shape index (κ3) is 3.20. The van der Waals surface area contributed by atoms with E-state index >= 15 is 0 Å². The molecule has 0 bridgehead atoms. The molecule has 0 aliphatic carbocycles. The summed E-state index contributed by atoms with van der Waals surface area (Å²) in [6, 6.07) is 0. The molecule has 5 nitrogen and oxygen atoms in total. The fourth-order valence-electron chi connectivity index (χ4n) is 1.62. The lowest BCUT2D eigenvalue weighted by atomic mass is 10.4. The number of carboxylic acid groups (broad SMARTS) is 1. The fraction of sp³-hybridized carbons (Fsp3) is 0.875. The summed E-state index contributed by atoms with van der Waals surface area (Å²) in [6.45, 7) is 2.19. The Bertz CT molecular complexity index is 175. The first kappa shape index (κ1) is 10.3. The van der Waals surface area contributed by atoms with Crippen molar-refractivity contribution < 1.29 is 14.6 Å². The summed E-state index contributed by atoms with van der Waals surface area (Å²) in [5.41, 5.74) is 0. The van der Waals surface area contributed by atoms with Crippen molar-refractivity contribution in [2.45, 2.75) is 19.1 Å². The van der Waals surface area contributed by atoms with Crippen molar-refractivity contribution in [3.05, 3.63) is 0 Å². The first-order valence-electron chi connectivity index (χ1n) is 4.47. The molecule has 1 amide bonds. The molecule has 1 aliphatic heterocycles. The number of hydrogen-bond donors (Lipinski definition) is 2. The van der Waals surface area contributed by atoms with Gasteiger partial charge in [-0.1, -0.05) is 0 Å². The zero-order valence-electron chi connectivity index (χ0n) is 7.82. The molecule has 2 N–H and O–H groups in total. The summed E-state index contributed by atoms with van der Waals surface area (Å²) in [5, 5.41) is 10.7. The van der Waals surface area contributed by atoms with Gasteiger partial charge in [-0.3, -0.25) is 4.90 Å². The van der Waals surface area contributed by atoms with Crippen LogP contribution in [0, 0.1) is 0 Å². The maximum absolute atomic E-state index is 10.2. The number of hydrogen-bond acceptors (Lipinski definition) is 3. The highest BCUT2D eigenvalue weighted by Gasteiger charge is 2.23. The van der Waals surface area contributed by atoms with Crippen LogP contribution in [0.1, 0.15) is 12.8 Å². The van der Waals surface area contributed by atoms with Gasteiger partial charge in [0, 0.05) is 26.7 Å². The highest BCUT2D eigenvalue weighted by molar-refractivity contribution is 5.64. The lowest BCUT2D eigenvalue weighted by Gasteiger charge is -2.22. The van der Waals surface area contributed by atoms with Gasteiger partial charge in [0.05, 0.1) is 0 Å². The number of methoxy groups -OCH3 is 1. The Kier molecular flexibility index (Phi) is 3.98. The molecule has 1 atom stereocenters. The molecule has 1 fully saturated rings. The Morgan fingerprint density at radius 2 is 2.54 bits per heavy atom. The SMILES string of the molecule is COC1CCCN1CCNC(=O)O. The second-order valence-corrected chi connectivity index (χ2v) is 3.10. The predicted molar refractivity (Wildman–Crippen MR) is 47.6 cm³/mol. The van der Waals surface area contributed by atoms with Gasteiger partial charge in [-0.05, 0) is 12.8 Å². The van der Waals surface area contributed by atoms with Crippen molar-refractivity contribution in [2.24, 2.45) is 0 Å². The van der Waals surface area contributed by atoms with Crippen LogP contribution in [-0.4, -0.2) is 49.1 Å². The van der Waals surface area contributed by atoms with Crippen LogP contribution in [0.5, 0.6) is 0 Å². The van der Waals surface area contributed by atoms with Crippen LogP contribution < -0.4 is 5.32 Å². The van der Waals surface area contributed by atoms with E-state index in [1.54, 1.807) is 7.11 Å². The summed E-state index contributed by atoms with van der Waals surface area (Å²) in [5.74, 6) is 0. The quantitative estimate of drug-likeness (QED) is 0.667. The minimum Gasteiger partial charge on any atom is -0.465 e. The number of rotatable bonds is 4. The maximum atomic E-state index is 10.2. The normalized spacial score (nSPS) is 23.3. The van der Waals surface area contributed by atoms with E-state index in [-0.39, 0.29) is 6.23 Å². The molecule has 0 aromatic rings. The van der Waals surface area contributed by atoms with Gasteiger partial charge in [0.1, 0.15) is 6.23 Å². The topological polar surface area (TPSA) is 61.8 Å². The number of ether oxygens (including phenoxy) is 1. The van der Waals surface area contributed by atoms with Crippen LogP contribution >= 0.6 is 0 Å². The predicted octanol–water partition coefficient (Wildman–Crippen LogP) is 0.322. The van der Waals surface area contributed by atoms with Gasteiger partial charge in [0.15, 0.2) is 0 Å². The summed E-state index contributed by atoms with van der Waals surface area (Å²) in [7, 11) is 1.69. The molecule has 0 saturated carbocycles. The Balaban J connectivity index is 2.16. The number of carbonyl (C=O) groups is 1. The van der Waals surface area contributed by atoms with Gasteiger partial charge < -0.3 is 15.2 Å². The minimum absolute atomic E-state index is 0.176. The Morgan fingerprint density at radius 1 is 1.77 bits per heavy atom. The van der Waals surface area contributed by atoms with Crippen LogP contribution in [-0.2, 0) is 4.74 Å². The van der Waals surface area contributed by atoms with Gasteiger partial charge in [0.25, 0.3) is 0 Å². The van der Waals surface area contributed by atoms with Crippen LogP contribution in [0.4, 0.5) is 4.79 Å². The van der Waals surface area contributed by atoms with E-state index in [4.69, 9.17) is 9.84 Å². The number of nitrogens with zero attached hydrogens (tertiary/aromatic N) is 1. The molecular formula is C8H16N2O3. The van der Waals surface area contributed by atoms with Crippen LogP contribution in [0.2, 0.25) is 0 Å². The lowest BCUT2D eigenvalue weighted by molar-refractivity contribution is -0.00279. The highest BCUT2D eigenvalue weighted by Crippen LogP contribution is 2.16. The van der Waals surface area contributed by atoms with Crippen molar-refractivity contribution in [3.8, 4) is 0 Å². The minimum atomic E-state index is -0.965. The molecule has 1 rings (SSSR count). The zero-order valence-corrected chi connectivity index (χ0v) is 7.82. The van der Waals surface area contributed by atoms with Gasteiger partial charge in [-0.25, -0.2) is 4.79 Å². The van der Waals surface area contributed by atoms with E-state index in [9.17, 15) is 4.79 Å². The van der Waals surface area contributed by atoms with Crippen molar-refractivity contribution in [1.29, 1.82) is 0 Å². The monoisotopic (exact) mass is 188 g/mol.